The number of piperazine rings is 1. The molecule has 4 heteroatoms. The molecule has 0 bridgehead atoms. The van der Waals surface area contributed by atoms with Gasteiger partial charge in [-0.2, -0.15) is 0 Å². The van der Waals surface area contributed by atoms with Crippen LogP contribution in [-0.4, -0.2) is 46.8 Å². The molecule has 1 atom stereocenters. The van der Waals surface area contributed by atoms with Crippen molar-refractivity contribution in [3.8, 4) is 0 Å². The molecule has 100 valence electrons. The van der Waals surface area contributed by atoms with Crippen molar-refractivity contribution in [1.29, 1.82) is 0 Å². The average Bonchev–Trinajstić information content (AvgIpc) is 2.44. The van der Waals surface area contributed by atoms with Crippen molar-refractivity contribution in [2.45, 2.75) is 63.5 Å². The highest BCUT2D eigenvalue weighted by Gasteiger charge is 2.42. The molecule has 3 rings (SSSR count). The van der Waals surface area contributed by atoms with Gasteiger partial charge in [0.2, 0.25) is 11.8 Å². The Morgan fingerprint density at radius 1 is 0.833 bits per heavy atom. The summed E-state index contributed by atoms with van der Waals surface area (Å²) in [4.78, 5) is 28.4. The summed E-state index contributed by atoms with van der Waals surface area (Å²) in [5, 5.41) is 0. The van der Waals surface area contributed by atoms with Crippen LogP contribution in [-0.2, 0) is 9.59 Å². The first-order valence-electron chi connectivity index (χ1n) is 7.37. The van der Waals surface area contributed by atoms with Crippen LogP contribution < -0.4 is 0 Å². The molecule has 0 radical (unpaired) electrons. The number of fused-ring (bicyclic) bond motifs is 1. The van der Waals surface area contributed by atoms with Gasteiger partial charge >= 0.3 is 0 Å². The molecule has 0 aromatic rings. The quantitative estimate of drug-likeness (QED) is 0.708. The van der Waals surface area contributed by atoms with Crippen molar-refractivity contribution in [3.63, 3.8) is 0 Å². The molecule has 2 saturated heterocycles. The lowest BCUT2D eigenvalue weighted by molar-refractivity contribution is -0.160. The van der Waals surface area contributed by atoms with Crippen molar-refractivity contribution in [3.05, 3.63) is 0 Å². The van der Waals surface area contributed by atoms with Crippen LogP contribution in [0.3, 0.4) is 0 Å². The van der Waals surface area contributed by atoms with Gasteiger partial charge in [-0.3, -0.25) is 9.59 Å². The standard InChI is InChI=1S/C14H22N2O2/c17-13-10-16(11-6-2-1-3-7-11)14(18)12-8-4-5-9-15(12)13/h11-12H,1-10H2. The van der Waals surface area contributed by atoms with Crippen LogP contribution in [0.15, 0.2) is 0 Å². The van der Waals surface area contributed by atoms with Gasteiger partial charge in [0.1, 0.15) is 12.6 Å². The van der Waals surface area contributed by atoms with E-state index in [4.69, 9.17) is 0 Å². The fraction of sp³-hybridized carbons (Fsp3) is 0.857. The number of hydrogen-bond acceptors (Lipinski definition) is 2. The highest BCUT2D eigenvalue weighted by atomic mass is 16.2. The van der Waals surface area contributed by atoms with E-state index >= 15 is 0 Å². The molecule has 1 aliphatic carbocycles. The predicted molar refractivity (Wildman–Crippen MR) is 67.9 cm³/mol. The number of carbonyl (C=O) groups is 2. The second-order valence-corrected chi connectivity index (χ2v) is 5.86. The summed E-state index contributed by atoms with van der Waals surface area (Å²) >= 11 is 0. The van der Waals surface area contributed by atoms with Gasteiger partial charge in [0, 0.05) is 12.6 Å². The normalized spacial score (nSPS) is 30.6. The monoisotopic (exact) mass is 250 g/mol. The third-order valence-electron chi connectivity index (χ3n) is 4.71. The zero-order valence-electron chi connectivity index (χ0n) is 10.9. The first-order valence-corrected chi connectivity index (χ1v) is 7.37. The van der Waals surface area contributed by atoms with Crippen molar-refractivity contribution in [2.75, 3.05) is 13.1 Å². The summed E-state index contributed by atoms with van der Waals surface area (Å²) in [6, 6.07) is 0.196. The number of rotatable bonds is 1. The molecular formula is C14H22N2O2. The summed E-state index contributed by atoms with van der Waals surface area (Å²) in [6.45, 7) is 1.12. The molecule has 2 heterocycles. The fourth-order valence-electron chi connectivity index (χ4n) is 3.69. The highest BCUT2D eigenvalue weighted by Crippen LogP contribution is 2.29. The molecule has 1 saturated carbocycles. The number of hydrogen-bond donors (Lipinski definition) is 0. The van der Waals surface area contributed by atoms with Crippen molar-refractivity contribution in [1.82, 2.24) is 9.80 Å². The smallest absolute Gasteiger partial charge is 0.246 e. The van der Waals surface area contributed by atoms with Crippen molar-refractivity contribution in [2.24, 2.45) is 0 Å². The zero-order valence-corrected chi connectivity index (χ0v) is 10.9. The second-order valence-electron chi connectivity index (χ2n) is 5.86. The van der Waals surface area contributed by atoms with Crippen LogP contribution in [0.5, 0.6) is 0 Å². The molecule has 0 N–H and O–H groups in total. The molecule has 0 aromatic heterocycles. The number of carbonyl (C=O) groups excluding carboxylic acids is 2. The minimum atomic E-state index is -0.137. The van der Waals surface area contributed by atoms with Crippen LogP contribution in [0.2, 0.25) is 0 Å². The lowest BCUT2D eigenvalue weighted by Crippen LogP contribution is -2.63. The third kappa shape index (κ3) is 2.02. The largest absolute Gasteiger partial charge is 0.329 e. The lowest BCUT2D eigenvalue weighted by Gasteiger charge is -2.46. The van der Waals surface area contributed by atoms with Gasteiger partial charge in [-0.15, -0.1) is 0 Å². The van der Waals surface area contributed by atoms with Crippen LogP contribution in [0, 0.1) is 0 Å². The molecule has 3 fully saturated rings. The molecule has 4 nitrogen and oxygen atoms in total. The van der Waals surface area contributed by atoms with E-state index in [0.717, 1.165) is 38.6 Å². The topological polar surface area (TPSA) is 40.6 Å². The Bertz CT molecular complexity index is 350. The Labute approximate surface area is 108 Å². The first kappa shape index (κ1) is 12.0. The molecule has 2 amide bonds. The maximum Gasteiger partial charge on any atom is 0.246 e. The minimum Gasteiger partial charge on any atom is -0.329 e. The molecule has 0 spiro atoms. The average molecular weight is 250 g/mol. The van der Waals surface area contributed by atoms with Crippen LogP contribution in [0.4, 0.5) is 0 Å². The van der Waals surface area contributed by atoms with E-state index in [0.29, 0.717) is 12.6 Å². The van der Waals surface area contributed by atoms with E-state index in [9.17, 15) is 9.59 Å². The molecule has 3 aliphatic rings. The summed E-state index contributed by atoms with van der Waals surface area (Å²) in [5.41, 5.74) is 0. The van der Waals surface area contributed by atoms with Gasteiger partial charge in [-0.05, 0) is 32.1 Å². The Morgan fingerprint density at radius 2 is 1.56 bits per heavy atom. The van der Waals surface area contributed by atoms with Crippen molar-refractivity contribution >= 4 is 11.8 Å². The number of amides is 2. The predicted octanol–water partition coefficient (Wildman–Crippen LogP) is 1.54. The van der Waals surface area contributed by atoms with E-state index in [1.54, 1.807) is 0 Å². The van der Waals surface area contributed by atoms with Gasteiger partial charge in [0.25, 0.3) is 0 Å². The van der Waals surface area contributed by atoms with Crippen LogP contribution in [0.1, 0.15) is 51.4 Å². The Hall–Kier alpha value is -1.06. The van der Waals surface area contributed by atoms with E-state index in [2.05, 4.69) is 0 Å². The fourth-order valence-corrected chi connectivity index (χ4v) is 3.69. The van der Waals surface area contributed by atoms with E-state index in [-0.39, 0.29) is 17.9 Å². The lowest BCUT2D eigenvalue weighted by atomic mass is 9.91. The first-order chi connectivity index (χ1) is 8.77. The summed E-state index contributed by atoms with van der Waals surface area (Å²) in [7, 11) is 0. The molecule has 18 heavy (non-hydrogen) atoms. The third-order valence-corrected chi connectivity index (χ3v) is 4.71. The van der Waals surface area contributed by atoms with Gasteiger partial charge in [0.05, 0.1) is 0 Å². The Kier molecular flexibility index (Phi) is 3.27. The maximum atomic E-state index is 12.5. The zero-order chi connectivity index (χ0) is 12.5. The van der Waals surface area contributed by atoms with Gasteiger partial charge in [-0.25, -0.2) is 0 Å². The van der Waals surface area contributed by atoms with Crippen LogP contribution >= 0.6 is 0 Å². The minimum absolute atomic E-state index is 0.137. The van der Waals surface area contributed by atoms with E-state index < -0.39 is 0 Å². The SMILES string of the molecule is O=C1C2CCCCN2C(=O)CN1C1CCCCC1. The Balaban J connectivity index is 1.75. The van der Waals surface area contributed by atoms with Gasteiger partial charge in [0.15, 0.2) is 0 Å². The van der Waals surface area contributed by atoms with E-state index in [1.165, 1.54) is 19.3 Å². The van der Waals surface area contributed by atoms with Crippen LogP contribution in [0.25, 0.3) is 0 Å². The molecule has 0 aromatic carbocycles. The molecule has 2 aliphatic heterocycles. The summed E-state index contributed by atoms with van der Waals surface area (Å²) in [6.07, 6.45) is 8.87. The number of piperidine rings is 1. The second kappa shape index (κ2) is 4.90. The Morgan fingerprint density at radius 3 is 2.33 bits per heavy atom. The number of nitrogens with zero attached hydrogens (tertiary/aromatic N) is 2. The summed E-state index contributed by atoms with van der Waals surface area (Å²) < 4.78 is 0. The summed E-state index contributed by atoms with van der Waals surface area (Å²) in [5.74, 6) is 0.395. The van der Waals surface area contributed by atoms with Crippen molar-refractivity contribution < 1.29 is 9.59 Å². The molecule has 1 unspecified atom stereocenters. The highest BCUT2D eigenvalue weighted by molar-refractivity contribution is 5.95. The molecular weight excluding hydrogens is 228 g/mol. The van der Waals surface area contributed by atoms with Gasteiger partial charge in [-0.1, -0.05) is 19.3 Å². The van der Waals surface area contributed by atoms with Gasteiger partial charge < -0.3 is 9.80 Å². The maximum absolute atomic E-state index is 12.5. The van der Waals surface area contributed by atoms with E-state index in [1.807, 2.05) is 9.80 Å².